The highest BCUT2D eigenvalue weighted by atomic mass is 32.2. The first kappa shape index (κ1) is 14.7. The smallest absolute Gasteiger partial charge is 0.243 e. The number of aromatic nitrogens is 4. The minimum atomic E-state index is -3.48. The van der Waals surface area contributed by atoms with Crippen LogP contribution in [-0.4, -0.2) is 34.5 Å². The van der Waals surface area contributed by atoms with Gasteiger partial charge in [-0.3, -0.25) is 9.36 Å². The Morgan fingerprint density at radius 1 is 1.35 bits per heavy atom. The lowest BCUT2D eigenvalue weighted by atomic mass is 10.4. The lowest BCUT2D eigenvalue weighted by Crippen LogP contribution is -2.26. The van der Waals surface area contributed by atoms with Crippen molar-refractivity contribution in [3.63, 3.8) is 0 Å². The van der Waals surface area contributed by atoms with Crippen LogP contribution in [0, 0.1) is 13.8 Å². The molecule has 0 aliphatic carbocycles. The third-order valence-corrected chi connectivity index (χ3v) is 4.67. The average molecular weight is 297 g/mol. The van der Waals surface area contributed by atoms with Crippen molar-refractivity contribution >= 4 is 10.0 Å². The minimum absolute atomic E-state index is 0.231. The fourth-order valence-electron chi connectivity index (χ4n) is 1.86. The first-order valence-corrected chi connectivity index (χ1v) is 7.87. The van der Waals surface area contributed by atoms with Crippen LogP contribution in [0.4, 0.5) is 0 Å². The van der Waals surface area contributed by atoms with Crippen molar-refractivity contribution in [3.05, 3.63) is 29.8 Å². The van der Waals surface area contributed by atoms with Crippen LogP contribution in [0.3, 0.4) is 0 Å². The summed E-state index contributed by atoms with van der Waals surface area (Å²) in [5.41, 5.74) is 1.58. The molecule has 0 fully saturated rings. The second-order valence-corrected chi connectivity index (χ2v) is 6.42. The van der Waals surface area contributed by atoms with Crippen molar-refractivity contribution in [1.82, 2.24) is 24.3 Å². The van der Waals surface area contributed by atoms with E-state index in [1.54, 1.807) is 23.3 Å². The van der Waals surface area contributed by atoms with Gasteiger partial charge in [-0.25, -0.2) is 13.1 Å². The van der Waals surface area contributed by atoms with Crippen molar-refractivity contribution < 1.29 is 8.42 Å². The molecule has 2 heterocycles. The van der Waals surface area contributed by atoms with E-state index in [0.717, 1.165) is 5.69 Å². The lowest BCUT2D eigenvalue weighted by Gasteiger charge is -2.06. The monoisotopic (exact) mass is 297 g/mol. The molecule has 0 saturated heterocycles. The molecule has 0 aromatic carbocycles. The Bertz CT molecular complexity index is 687. The van der Waals surface area contributed by atoms with Gasteiger partial charge in [0.2, 0.25) is 10.0 Å². The number of sulfonamides is 1. The molecule has 2 rings (SSSR count). The average Bonchev–Trinajstić information content (AvgIpc) is 2.93. The molecular formula is C12H19N5O2S. The van der Waals surface area contributed by atoms with Gasteiger partial charge in [0, 0.05) is 26.3 Å². The molecule has 0 amide bonds. The van der Waals surface area contributed by atoms with Crippen molar-refractivity contribution in [1.29, 1.82) is 0 Å². The normalized spacial score (nSPS) is 11.9. The van der Waals surface area contributed by atoms with E-state index in [-0.39, 0.29) is 4.90 Å². The first-order valence-electron chi connectivity index (χ1n) is 6.38. The van der Waals surface area contributed by atoms with Gasteiger partial charge in [-0.15, -0.1) is 0 Å². The van der Waals surface area contributed by atoms with E-state index in [0.29, 0.717) is 25.2 Å². The fraction of sp³-hybridized carbons (Fsp3) is 0.500. The van der Waals surface area contributed by atoms with Crippen LogP contribution in [0.25, 0.3) is 0 Å². The maximum atomic E-state index is 12.1. The van der Waals surface area contributed by atoms with Gasteiger partial charge in [0.1, 0.15) is 4.90 Å². The fourth-order valence-corrected chi connectivity index (χ4v) is 3.13. The molecule has 110 valence electrons. The summed E-state index contributed by atoms with van der Waals surface area (Å²) < 4.78 is 30.1. The van der Waals surface area contributed by atoms with Crippen molar-refractivity contribution in [3.8, 4) is 0 Å². The second kappa shape index (κ2) is 5.76. The second-order valence-electron chi connectivity index (χ2n) is 4.69. The third-order valence-electron chi connectivity index (χ3n) is 3.11. The molecule has 0 unspecified atom stereocenters. The molecule has 2 aromatic rings. The van der Waals surface area contributed by atoms with Gasteiger partial charge in [-0.2, -0.15) is 10.2 Å². The van der Waals surface area contributed by atoms with E-state index in [1.807, 2.05) is 19.2 Å². The molecule has 7 nitrogen and oxygen atoms in total. The van der Waals surface area contributed by atoms with E-state index in [9.17, 15) is 8.42 Å². The zero-order valence-corrected chi connectivity index (χ0v) is 12.7. The summed E-state index contributed by atoms with van der Waals surface area (Å²) in [5, 5.41) is 8.19. The molecule has 0 atom stereocenters. The largest absolute Gasteiger partial charge is 0.272 e. The van der Waals surface area contributed by atoms with Gasteiger partial charge >= 0.3 is 0 Å². The van der Waals surface area contributed by atoms with Gasteiger partial charge < -0.3 is 0 Å². The van der Waals surface area contributed by atoms with E-state index in [1.165, 1.54) is 6.20 Å². The third kappa shape index (κ3) is 3.26. The molecule has 0 radical (unpaired) electrons. The zero-order valence-electron chi connectivity index (χ0n) is 11.9. The summed E-state index contributed by atoms with van der Waals surface area (Å²) in [5.74, 6) is 0. The SMILES string of the molecule is Cc1ccn(CCCNS(=O)(=O)c2cnn(C)c2C)n1. The highest BCUT2D eigenvalue weighted by Gasteiger charge is 2.19. The van der Waals surface area contributed by atoms with Gasteiger partial charge in [-0.05, 0) is 26.3 Å². The maximum Gasteiger partial charge on any atom is 0.243 e. The number of nitrogens with zero attached hydrogens (tertiary/aromatic N) is 4. The van der Waals surface area contributed by atoms with Crippen LogP contribution in [0.2, 0.25) is 0 Å². The Morgan fingerprint density at radius 2 is 2.10 bits per heavy atom. The summed E-state index contributed by atoms with van der Waals surface area (Å²) >= 11 is 0. The molecule has 1 N–H and O–H groups in total. The van der Waals surface area contributed by atoms with Crippen molar-refractivity contribution in [2.24, 2.45) is 7.05 Å². The highest BCUT2D eigenvalue weighted by Crippen LogP contribution is 2.12. The summed E-state index contributed by atoms with van der Waals surface area (Å²) in [6.07, 6.45) is 3.93. The molecule has 0 aliphatic heterocycles. The Balaban J connectivity index is 1.88. The Hall–Kier alpha value is -1.67. The first-order chi connectivity index (χ1) is 9.40. The standard InChI is InChI=1S/C12H19N5O2S/c1-10-5-8-17(15-10)7-4-6-14-20(18,19)12-9-13-16(3)11(12)2/h5,8-9,14H,4,6-7H2,1-3H3. The van der Waals surface area contributed by atoms with E-state index < -0.39 is 10.0 Å². The Labute approximate surface area is 118 Å². The predicted octanol–water partition coefficient (Wildman–Crippen LogP) is 0.602. The summed E-state index contributed by atoms with van der Waals surface area (Å²) in [6, 6.07) is 1.92. The van der Waals surface area contributed by atoms with Crippen LogP contribution >= 0.6 is 0 Å². The van der Waals surface area contributed by atoms with Crippen molar-refractivity contribution in [2.75, 3.05) is 6.54 Å². The molecular weight excluding hydrogens is 278 g/mol. The van der Waals surface area contributed by atoms with E-state index in [2.05, 4.69) is 14.9 Å². The number of rotatable bonds is 6. The topological polar surface area (TPSA) is 81.8 Å². The van der Waals surface area contributed by atoms with Crippen LogP contribution in [0.15, 0.2) is 23.4 Å². The number of aryl methyl sites for hydroxylation is 3. The molecule has 0 spiro atoms. The van der Waals surface area contributed by atoms with E-state index >= 15 is 0 Å². The molecule has 0 bridgehead atoms. The Kier molecular flexibility index (Phi) is 4.24. The molecule has 8 heteroatoms. The predicted molar refractivity (Wildman–Crippen MR) is 74.7 cm³/mol. The molecule has 20 heavy (non-hydrogen) atoms. The zero-order chi connectivity index (χ0) is 14.8. The lowest BCUT2D eigenvalue weighted by molar-refractivity contribution is 0.550. The molecule has 0 aliphatic rings. The summed E-state index contributed by atoms with van der Waals surface area (Å²) in [6.45, 7) is 4.70. The van der Waals surface area contributed by atoms with Gasteiger partial charge in [-0.1, -0.05) is 0 Å². The minimum Gasteiger partial charge on any atom is -0.272 e. The van der Waals surface area contributed by atoms with Crippen LogP contribution in [0.1, 0.15) is 17.8 Å². The summed E-state index contributed by atoms with van der Waals surface area (Å²) in [7, 11) is -1.77. The maximum absolute atomic E-state index is 12.1. The molecule has 2 aromatic heterocycles. The number of nitrogens with one attached hydrogen (secondary N) is 1. The summed E-state index contributed by atoms with van der Waals surface area (Å²) in [4.78, 5) is 0.231. The highest BCUT2D eigenvalue weighted by molar-refractivity contribution is 7.89. The van der Waals surface area contributed by atoms with Gasteiger partial charge in [0.25, 0.3) is 0 Å². The quantitative estimate of drug-likeness (QED) is 0.792. The van der Waals surface area contributed by atoms with Crippen LogP contribution in [-0.2, 0) is 23.6 Å². The number of hydrogen-bond acceptors (Lipinski definition) is 4. The van der Waals surface area contributed by atoms with Crippen molar-refractivity contribution in [2.45, 2.75) is 31.7 Å². The Morgan fingerprint density at radius 3 is 2.65 bits per heavy atom. The van der Waals surface area contributed by atoms with Crippen LogP contribution < -0.4 is 4.72 Å². The van der Waals surface area contributed by atoms with Gasteiger partial charge in [0.05, 0.1) is 17.6 Å². The van der Waals surface area contributed by atoms with Crippen LogP contribution in [0.5, 0.6) is 0 Å². The molecule has 0 saturated carbocycles. The van der Waals surface area contributed by atoms with Gasteiger partial charge in [0.15, 0.2) is 0 Å². The van der Waals surface area contributed by atoms with E-state index in [4.69, 9.17) is 0 Å². The number of hydrogen-bond donors (Lipinski definition) is 1.